The molecule has 1 aliphatic rings. The molecule has 2 aromatic carbocycles. The monoisotopic (exact) mass is 499 g/mol. The number of nitrogens with zero attached hydrogens (tertiary/aromatic N) is 3. The van der Waals surface area contributed by atoms with Crippen LogP contribution in [0.2, 0.25) is 0 Å². The second-order valence-corrected chi connectivity index (χ2v) is 11.4. The number of anilines is 2. The molecule has 5 nitrogen and oxygen atoms in total. The SMILES string of the molecule is C[C@H]1C[C@@H](n2c(Nc3ccc(SC(F)(F)F)cc3)nc3cc(-c4ccn[nH]4)ccc32)CC(C)(C)C1. The summed E-state index contributed by atoms with van der Waals surface area (Å²) in [6.45, 7) is 6.93. The largest absolute Gasteiger partial charge is 0.446 e. The van der Waals surface area contributed by atoms with Crippen molar-refractivity contribution in [3.63, 3.8) is 0 Å². The topological polar surface area (TPSA) is 58.5 Å². The number of imidazole rings is 1. The first-order chi connectivity index (χ1) is 16.6. The number of halogens is 3. The van der Waals surface area contributed by atoms with Gasteiger partial charge in [-0.05, 0) is 84.8 Å². The molecule has 184 valence electrons. The Labute approximate surface area is 206 Å². The van der Waals surface area contributed by atoms with Crippen LogP contribution in [-0.2, 0) is 0 Å². The minimum Gasteiger partial charge on any atom is -0.326 e. The Hall–Kier alpha value is -2.94. The van der Waals surface area contributed by atoms with Gasteiger partial charge in [-0.3, -0.25) is 5.10 Å². The van der Waals surface area contributed by atoms with Crippen LogP contribution in [-0.4, -0.2) is 25.3 Å². The zero-order chi connectivity index (χ0) is 24.8. The van der Waals surface area contributed by atoms with Crippen LogP contribution in [0, 0.1) is 11.3 Å². The van der Waals surface area contributed by atoms with E-state index in [9.17, 15) is 13.2 Å². The van der Waals surface area contributed by atoms with Gasteiger partial charge >= 0.3 is 5.51 Å². The summed E-state index contributed by atoms with van der Waals surface area (Å²) in [5.74, 6) is 1.28. The normalized spacial score (nSPS) is 20.3. The van der Waals surface area contributed by atoms with Crippen LogP contribution in [0.25, 0.3) is 22.3 Å². The fourth-order valence-electron chi connectivity index (χ4n) is 5.50. The van der Waals surface area contributed by atoms with Crippen LogP contribution in [0.3, 0.4) is 0 Å². The number of fused-ring (bicyclic) bond motifs is 1. The van der Waals surface area contributed by atoms with Gasteiger partial charge in [-0.15, -0.1) is 0 Å². The van der Waals surface area contributed by atoms with Gasteiger partial charge in [0.15, 0.2) is 0 Å². The number of nitrogens with one attached hydrogen (secondary N) is 2. The Morgan fingerprint density at radius 2 is 1.86 bits per heavy atom. The average Bonchev–Trinajstić information content (AvgIpc) is 3.40. The molecule has 0 amide bonds. The zero-order valence-corrected chi connectivity index (χ0v) is 20.7. The first-order valence-corrected chi connectivity index (χ1v) is 12.5. The first kappa shape index (κ1) is 23.8. The van der Waals surface area contributed by atoms with Crippen LogP contribution >= 0.6 is 11.8 Å². The minimum absolute atomic E-state index is 0.111. The minimum atomic E-state index is -4.31. The number of aromatic amines is 1. The summed E-state index contributed by atoms with van der Waals surface area (Å²) in [6, 6.07) is 14.7. The molecule has 0 saturated heterocycles. The highest BCUT2D eigenvalue weighted by Crippen LogP contribution is 2.46. The predicted octanol–water partition coefficient (Wildman–Crippen LogP) is 8.17. The zero-order valence-electron chi connectivity index (χ0n) is 19.9. The summed E-state index contributed by atoms with van der Waals surface area (Å²) in [4.78, 5) is 5.10. The lowest BCUT2D eigenvalue weighted by Gasteiger charge is -2.40. The van der Waals surface area contributed by atoms with Crippen molar-refractivity contribution >= 4 is 34.4 Å². The molecule has 2 atom stereocenters. The molecule has 0 aliphatic heterocycles. The second kappa shape index (κ2) is 8.93. The van der Waals surface area contributed by atoms with Gasteiger partial charge in [-0.1, -0.05) is 26.8 Å². The van der Waals surface area contributed by atoms with Gasteiger partial charge in [0.05, 0.1) is 16.7 Å². The van der Waals surface area contributed by atoms with E-state index in [4.69, 9.17) is 4.98 Å². The van der Waals surface area contributed by atoms with E-state index in [-0.39, 0.29) is 28.1 Å². The van der Waals surface area contributed by atoms with Crippen molar-refractivity contribution in [3.8, 4) is 11.3 Å². The summed E-state index contributed by atoms with van der Waals surface area (Å²) in [7, 11) is 0. The third-order valence-corrected chi connectivity index (χ3v) is 7.31. The standard InChI is InChI=1S/C26H28F3N5S/c1-16-12-19(15-25(2,3)14-16)34-23-9-4-17(21-10-11-30-33-21)13-22(23)32-24(34)31-18-5-7-20(8-6-18)35-26(27,28)29/h4-11,13,16,19H,12,14-15H2,1-3H3,(H,30,33)(H,31,32)/t16-,19+/m0/s1. The maximum atomic E-state index is 12.7. The van der Waals surface area contributed by atoms with Gasteiger partial charge in [0, 0.05) is 28.4 Å². The van der Waals surface area contributed by atoms with Gasteiger partial charge < -0.3 is 9.88 Å². The molecule has 5 rings (SSSR count). The Morgan fingerprint density at radius 1 is 1.09 bits per heavy atom. The third kappa shape index (κ3) is 5.34. The summed E-state index contributed by atoms with van der Waals surface area (Å²) in [5.41, 5.74) is 0.417. The molecule has 1 fully saturated rings. The highest BCUT2D eigenvalue weighted by atomic mass is 32.2. The van der Waals surface area contributed by atoms with Crippen LogP contribution in [0.5, 0.6) is 0 Å². The second-order valence-electron chi connectivity index (χ2n) is 10.2. The smallest absolute Gasteiger partial charge is 0.326 e. The highest BCUT2D eigenvalue weighted by molar-refractivity contribution is 8.00. The van der Waals surface area contributed by atoms with E-state index in [1.165, 1.54) is 18.6 Å². The van der Waals surface area contributed by atoms with Crippen molar-refractivity contribution in [3.05, 3.63) is 54.7 Å². The molecule has 2 aromatic heterocycles. The lowest BCUT2D eigenvalue weighted by Crippen LogP contribution is -2.29. The lowest BCUT2D eigenvalue weighted by molar-refractivity contribution is -0.0328. The van der Waals surface area contributed by atoms with Crippen molar-refractivity contribution in [1.29, 1.82) is 0 Å². The number of alkyl halides is 3. The predicted molar refractivity (Wildman–Crippen MR) is 135 cm³/mol. The molecular weight excluding hydrogens is 471 g/mol. The van der Waals surface area contributed by atoms with Crippen LogP contribution in [0.1, 0.15) is 46.1 Å². The summed E-state index contributed by atoms with van der Waals surface area (Å²) in [5, 5.41) is 10.4. The molecule has 2 N–H and O–H groups in total. The molecule has 0 bridgehead atoms. The molecule has 1 aliphatic carbocycles. The first-order valence-electron chi connectivity index (χ1n) is 11.7. The Bertz CT molecular complexity index is 1310. The summed E-state index contributed by atoms with van der Waals surface area (Å²) >= 11 is -0.111. The quantitative estimate of drug-likeness (QED) is 0.272. The fourth-order valence-corrected chi connectivity index (χ4v) is 6.04. The number of benzene rings is 2. The molecule has 9 heteroatoms. The molecule has 2 heterocycles. The Balaban J connectivity index is 1.54. The van der Waals surface area contributed by atoms with Crippen molar-refractivity contribution in [1.82, 2.24) is 19.7 Å². The van der Waals surface area contributed by atoms with E-state index in [1.807, 2.05) is 12.1 Å². The highest BCUT2D eigenvalue weighted by Gasteiger charge is 2.35. The van der Waals surface area contributed by atoms with E-state index in [0.29, 0.717) is 17.6 Å². The van der Waals surface area contributed by atoms with Crippen LogP contribution in [0.4, 0.5) is 24.8 Å². The van der Waals surface area contributed by atoms with Crippen molar-refractivity contribution in [2.45, 2.75) is 56.5 Å². The van der Waals surface area contributed by atoms with Gasteiger partial charge in [-0.25, -0.2) is 4.98 Å². The number of H-pyrrole nitrogens is 1. The number of rotatable bonds is 5. The van der Waals surface area contributed by atoms with Gasteiger partial charge in [0.2, 0.25) is 5.95 Å². The molecule has 0 radical (unpaired) electrons. The molecular formula is C26H28F3N5S. The number of thioether (sulfide) groups is 1. The third-order valence-electron chi connectivity index (χ3n) is 6.57. The fraction of sp³-hybridized carbons (Fsp3) is 0.385. The number of aromatic nitrogens is 4. The van der Waals surface area contributed by atoms with Gasteiger partial charge in [0.1, 0.15) is 0 Å². The average molecular weight is 500 g/mol. The van der Waals surface area contributed by atoms with Crippen molar-refractivity contribution < 1.29 is 13.2 Å². The molecule has 0 spiro atoms. The summed E-state index contributed by atoms with van der Waals surface area (Å²) < 4.78 is 40.4. The number of hydrogen-bond donors (Lipinski definition) is 2. The maximum Gasteiger partial charge on any atom is 0.446 e. The van der Waals surface area contributed by atoms with E-state index in [1.54, 1.807) is 18.3 Å². The molecule has 35 heavy (non-hydrogen) atoms. The molecule has 0 unspecified atom stereocenters. The van der Waals surface area contributed by atoms with Crippen LogP contribution < -0.4 is 5.32 Å². The van der Waals surface area contributed by atoms with E-state index >= 15 is 0 Å². The van der Waals surface area contributed by atoms with Crippen molar-refractivity contribution in [2.24, 2.45) is 11.3 Å². The number of hydrogen-bond acceptors (Lipinski definition) is 4. The summed E-state index contributed by atoms with van der Waals surface area (Å²) in [6.07, 6.45) is 4.98. The van der Waals surface area contributed by atoms with Crippen LogP contribution in [0.15, 0.2) is 59.6 Å². The van der Waals surface area contributed by atoms with Gasteiger partial charge in [-0.2, -0.15) is 18.3 Å². The molecule has 4 aromatic rings. The molecule has 1 saturated carbocycles. The Kier molecular flexibility index (Phi) is 6.07. The Morgan fingerprint density at radius 3 is 2.51 bits per heavy atom. The van der Waals surface area contributed by atoms with E-state index < -0.39 is 5.51 Å². The van der Waals surface area contributed by atoms with E-state index in [0.717, 1.165) is 35.1 Å². The van der Waals surface area contributed by atoms with E-state index in [2.05, 4.69) is 53.0 Å². The maximum absolute atomic E-state index is 12.7. The lowest BCUT2D eigenvalue weighted by atomic mass is 9.70. The van der Waals surface area contributed by atoms with Gasteiger partial charge in [0.25, 0.3) is 0 Å². The van der Waals surface area contributed by atoms with Crippen molar-refractivity contribution in [2.75, 3.05) is 5.32 Å².